The standard InChI is InChI=1S/C8H11NO3S/c1-2-8(7(11)12)4-9-5(10)3-6(9)13-8/h6H,2-4H2,1H3,(H,11,12)/t6-,8?/m1/s1. The van der Waals surface area contributed by atoms with Gasteiger partial charge in [0.1, 0.15) is 4.75 Å². The number of rotatable bonds is 2. The van der Waals surface area contributed by atoms with Crippen molar-refractivity contribution in [2.24, 2.45) is 0 Å². The summed E-state index contributed by atoms with van der Waals surface area (Å²) in [4.78, 5) is 23.7. The van der Waals surface area contributed by atoms with Crippen LogP contribution in [-0.2, 0) is 9.59 Å². The maximum atomic E-state index is 11.1. The summed E-state index contributed by atoms with van der Waals surface area (Å²) in [5, 5.41) is 9.18. The van der Waals surface area contributed by atoms with E-state index >= 15 is 0 Å². The minimum Gasteiger partial charge on any atom is -0.480 e. The second kappa shape index (κ2) is 2.64. The van der Waals surface area contributed by atoms with E-state index in [0.717, 1.165) is 0 Å². The maximum absolute atomic E-state index is 11.1. The van der Waals surface area contributed by atoms with Crippen LogP contribution in [0.4, 0.5) is 0 Å². The molecule has 2 fully saturated rings. The Labute approximate surface area is 80.3 Å². The van der Waals surface area contributed by atoms with Crippen LogP contribution in [0.5, 0.6) is 0 Å². The first-order valence-corrected chi connectivity index (χ1v) is 5.18. The normalized spacial score (nSPS) is 37.2. The lowest BCUT2D eigenvalue weighted by atomic mass is 10.0. The van der Waals surface area contributed by atoms with Gasteiger partial charge in [0.05, 0.1) is 11.8 Å². The summed E-state index contributed by atoms with van der Waals surface area (Å²) in [6.45, 7) is 2.24. The molecular weight excluding hydrogens is 190 g/mol. The van der Waals surface area contributed by atoms with Gasteiger partial charge in [-0.3, -0.25) is 9.59 Å². The van der Waals surface area contributed by atoms with Crippen molar-refractivity contribution in [2.75, 3.05) is 6.54 Å². The fourth-order valence-electron chi connectivity index (χ4n) is 1.76. The van der Waals surface area contributed by atoms with E-state index in [0.29, 0.717) is 19.4 Å². The van der Waals surface area contributed by atoms with Crippen molar-refractivity contribution in [3.05, 3.63) is 0 Å². The van der Waals surface area contributed by atoms with Gasteiger partial charge in [-0.2, -0.15) is 0 Å². The maximum Gasteiger partial charge on any atom is 0.321 e. The minimum absolute atomic E-state index is 0.0917. The van der Waals surface area contributed by atoms with E-state index < -0.39 is 10.7 Å². The zero-order chi connectivity index (χ0) is 9.64. The summed E-state index contributed by atoms with van der Waals surface area (Å²) < 4.78 is -0.739. The third-order valence-electron chi connectivity index (χ3n) is 2.77. The van der Waals surface area contributed by atoms with Gasteiger partial charge in [-0.25, -0.2) is 0 Å². The third-order valence-corrected chi connectivity index (χ3v) is 4.50. The number of aliphatic carboxylic acids is 1. The fourth-order valence-corrected chi connectivity index (χ4v) is 3.30. The zero-order valence-corrected chi connectivity index (χ0v) is 8.13. The van der Waals surface area contributed by atoms with E-state index in [9.17, 15) is 9.59 Å². The van der Waals surface area contributed by atoms with Gasteiger partial charge < -0.3 is 10.0 Å². The molecule has 0 radical (unpaired) electrons. The van der Waals surface area contributed by atoms with E-state index in [2.05, 4.69) is 0 Å². The molecule has 72 valence electrons. The highest BCUT2D eigenvalue weighted by molar-refractivity contribution is 8.02. The average Bonchev–Trinajstić information content (AvgIpc) is 2.39. The van der Waals surface area contributed by atoms with E-state index in [1.54, 1.807) is 4.90 Å². The van der Waals surface area contributed by atoms with Gasteiger partial charge in [0.25, 0.3) is 0 Å². The Balaban J connectivity index is 2.18. The van der Waals surface area contributed by atoms with Gasteiger partial charge in [-0.1, -0.05) is 6.92 Å². The summed E-state index contributed by atoms with van der Waals surface area (Å²) in [5.74, 6) is -0.698. The highest BCUT2D eigenvalue weighted by atomic mass is 32.2. The second-order valence-electron chi connectivity index (χ2n) is 3.45. The van der Waals surface area contributed by atoms with Gasteiger partial charge in [0.15, 0.2) is 0 Å². The number of thioether (sulfide) groups is 1. The van der Waals surface area contributed by atoms with Crippen molar-refractivity contribution in [2.45, 2.75) is 29.9 Å². The molecule has 2 heterocycles. The molecule has 5 heteroatoms. The largest absolute Gasteiger partial charge is 0.480 e. The minimum atomic E-state index is -0.790. The first-order valence-electron chi connectivity index (χ1n) is 4.30. The third kappa shape index (κ3) is 1.06. The summed E-state index contributed by atoms with van der Waals surface area (Å²) in [6.07, 6.45) is 1.09. The molecule has 0 aromatic carbocycles. The van der Waals surface area contributed by atoms with Gasteiger partial charge in [-0.15, -0.1) is 11.8 Å². The van der Waals surface area contributed by atoms with E-state index in [4.69, 9.17) is 5.11 Å². The van der Waals surface area contributed by atoms with Crippen molar-refractivity contribution >= 4 is 23.6 Å². The molecule has 13 heavy (non-hydrogen) atoms. The first kappa shape index (κ1) is 8.87. The molecule has 2 saturated heterocycles. The number of carboxylic acids is 1. The Morgan fingerprint density at radius 3 is 2.92 bits per heavy atom. The van der Waals surface area contributed by atoms with Crippen LogP contribution in [-0.4, -0.2) is 38.5 Å². The molecule has 1 amide bonds. The van der Waals surface area contributed by atoms with Crippen LogP contribution < -0.4 is 0 Å². The van der Waals surface area contributed by atoms with Crippen molar-refractivity contribution in [1.82, 2.24) is 4.90 Å². The van der Waals surface area contributed by atoms with Crippen molar-refractivity contribution < 1.29 is 14.7 Å². The molecule has 2 aliphatic heterocycles. The lowest BCUT2D eigenvalue weighted by molar-refractivity contribution is -0.144. The molecular formula is C8H11NO3S. The molecule has 0 aliphatic carbocycles. The van der Waals surface area contributed by atoms with Crippen molar-refractivity contribution in [3.63, 3.8) is 0 Å². The predicted molar refractivity (Wildman–Crippen MR) is 48.4 cm³/mol. The Morgan fingerprint density at radius 1 is 1.85 bits per heavy atom. The second-order valence-corrected chi connectivity index (χ2v) is 5.01. The quantitative estimate of drug-likeness (QED) is 0.662. The molecule has 2 atom stereocenters. The number of carbonyl (C=O) groups excluding carboxylic acids is 1. The summed E-state index contributed by atoms with van der Waals surface area (Å²) in [7, 11) is 0. The zero-order valence-electron chi connectivity index (χ0n) is 7.32. The molecule has 0 spiro atoms. The summed E-state index contributed by atoms with van der Waals surface area (Å²) >= 11 is 1.43. The molecule has 2 aliphatic rings. The number of hydrogen-bond acceptors (Lipinski definition) is 3. The molecule has 1 N–H and O–H groups in total. The van der Waals surface area contributed by atoms with Gasteiger partial charge in [0.2, 0.25) is 5.91 Å². The SMILES string of the molecule is CCC1(C(=O)O)CN2C(=O)C[C@H]2S1. The molecule has 0 saturated carbocycles. The predicted octanol–water partition coefficient (Wildman–Crippen LogP) is 0.525. The van der Waals surface area contributed by atoms with Crippen molar-refractivity contribution in [1.29, 1.82) is 0 Å². The Morgan fingerprint density at radius 2 is 2.54 bits per heavy atom. The van der Waals surface area contributed by atoms with Crippen LogP contribution in [0, 0.1) is 0 Å². The monoisotopic (exact) mass is 201 g/mol. The average molecular weight is 201 g/mol. The van der Waals surface area contributed by atoms with Gasteiger partial charge in [-0.05, 0) is 6.42 Å². The van der Waals surface area contributed by atoms with E-state index in [1.165, 1.54) is 11.8 Å². The highest BCUT2D eigenvalue weighted by Crippen LogP contribution is 2.48. The number of β-lactam (4-membered cyclic amide) rings is 1. The lowest BCUT2D eigenvalue weighted by Gasteiger charge is -2.32. The van der Waals surface area contributed by atoms with Gasteiger partial charge in [0, 0.05) is 6.54 Å². The molecule has 2 rings (SSSR count). The Kier molecular flexibility index (Phi) is 1.80. The number of fused-ring (bicyclic) bond motifs is 1. The van der Waals surface area contributed by atoms with Crippen LogP contribution in [0.2, 0.25) is 0 Å². The van der Waals surface area contributed by atoms with E-state index in [1.807, 2.05) is 6.92 Å². The lowest BCUT2D eigenvalue weighted by Crippen LogP contribution is -2.48. The molecule has 0 bridgehead atoms. The number of carbonyl (C=O) groups is 2. The number of nitrogens with zero attached hydrogens (tertiary/aromatic N) is 1. The van der Waals surface area contributed by atoms with Crippen molar-refractivity contribution in [3.8, 4) is 0 Å². The fraction of sp³-hybridized carbons (Fsp3) is 0.750. The topological polar surface area (TPSA) is 57.6 Å². The summed E-state index contributed by atoms with van der Waals surface area (Å²) in [5.41, 5.74) is 0. The molecule has 0 aromatic rings. The van der Waals surface area contributed by atoms with Crippen LogP contribution in [0.15, 0.2) is 0 Å². The van der Waals surface area contributed by atoms with Crippen LogP contribution in [0.25, 0.3) is 0 Å². The van der Waals surface area contributed by atoms with Crippen LogP contribution in [0.3, 0.4) is 0 Å². The van der Waals surface area contributed by atoms with E-state index in [-0.39, 0.29) is 11.3 Å². The molecule has 1 unspecified atom stereocenters. The highest BCUT2D eigenvalue weighted by Gasteiger charge is 2.55. The Hall–Kier alpha value is -0.710. The van der Waals surface area contributed by atoms with Crippen LogP contribution >= 0.6 is 11.8 Å². The van der Waals surface area contributed by atoms with Gasteiger partial charge >= 0.3 is 5.97 Å². The molecule has 4 nitrogen and oxygen atoms in total. The number of carboxylic acid groups (broad SMARTS) is 1. The Bertz CT molecular complexity index is 281. The number of hydrogen-bond donors (Lipinski definition) is 1. The molecule has 0 aromatic heterocycles. The smallest absolute Gasteiger partial charge is 0.321 e. The number of amides is 1. The van der Waals surface area contributed by atoms with Crippen LogP contribution in [0.1, 0.15) is 19.8 Å². The first-order chi connectivity index (χ1) is 6.09. The summed E-state index contributed by atoms with van der Waals surface area (Å²) in [6, 6.07) is 0.